The van der Waals surface area contributed by atoms with Crippen molar-refractivity contribution in [2.75, 3.05) is 13.2 Å². The lowest BCUT2D eigenvalue weighted by Gasteiger charge is -2.15. The van der Waals surface area contributed by atoms with Crippen molar-refractivity contribution in [3.63, 3.8) is 0 Å². The Bertz CT molecular complexity index is 757. The second kappa shape index (κ2) is 29.6. The molecule has 0 bridgehead atoms. The summed E-state index contributed by atoms with van der Waals surface area (Å²) in [7, 11) is 0. The van der Waals surface area contributed by atoms with Crippen molar-refractivity contribution in [1.82, 2.24) is 10.6 Å². The predicted molar refractivity (Wildman–Crippen MR) is 172 cm³/mol. The topological polar surface area (TPSA) is 142 Å². The number of carbonyl (C=O) groups is 4. The number of nitrogens with one attached hydrogen (secondary N) is 2. The van der Waals surface area contributed by atoms with Gasteiger partial charge in [-0.2, -0.15) is 0 Å². The number of esters is 1. The maximum absolute atomic E-state index is 12.5. The first kappa shape index (κ1) is 40.6. The average molecular weight is 611 g/mol. The zero-order valence-electron chi connectivity index (χ0n) is 27.2. The number of unbranched alkanes of at least 4 members (excludes halogenated alkanes) is 16. The monoisotopic (exact) mass is 610 g/mol. The van der Waals surface area contributed by atoms with Gasteiger partial charge in [0.25, 0.3) is 0 Å². The third kappa shape index (κ3) is 26.9. The molecule has 0 spiro atoms. The number of carboxylic acid groups (broad SMARTS) is 1. The molecule has 0 aromatic heterocycles. The summed E-state index contributed by atoms with van der Waals surface area (Å²) in [5.41, 5.74) is 0. The van der Waals surface area contributed by atoms with Gasteiger partial charge in [0.15, 0.2) is 0 Å². The van der Waals surface area contributed by atoms with E-state index in [9.17, 15) is 19.2 Å². The summed E-state index contributed by atoms with van der Waals surface area (Å²) in [6, 6.07) is -1.39. The molecule has 2 unspecified atom stereocenters. The molecule has 0 aliphatic heterocycles. The quantitative estimate of drug-likeness (QED) is 0.0400. The van der Waals surface area contributed by atoms with Crippen LogP contribution in [-0.2, 0) is 23.9 Å². The molecule has 43 heavy (non-hydrogen) atoms. The summed E-state index contributed by atoms with van der Waals surface area (Å²) in [6.45, 7) is 3.39. The molecule has 0 rings (SSSR count). The number of aliphatic hydroxyl groups excluding tert-OH is 1. The number of rotatable bonds is 30. The van der Waals surface area contributed by atoms with E-state index in [2.05, 4.69) is 30.6 Å². The van der Waals surface area contributed by atoms with Crippen LogP contribution in [0, 0.1) is 0 Å². The van der Waals surface area contributed by atoms with Crippen LogP contribution in [0.4, 0.5) is 0 Å². The molecule has 0 aromatic carbocycles. The minimum absolute atomic E-state index is 0.116. The van der Waals surface area contributed by atoms with Gasteiger partial charge in [-0.15, -0.1) is 0 Å². The minimum atomic E-state index is -1.39. The van der Waals surface area contributed by atoms with E-state index in [-0.39, 0.29) is 30.9 Å². The van der Waals surface area contributed by atoms with Gasteiger partial charge in [0.2, 0.25) is 11.8 Å². The molecule has 0 saturated heterocycles. The van der Waals surface area contributed by atoms with Crippen molar-refractivity contribution in [1.29, 1.82) is 0 Å². The highest BCUT2D eigenvalue weighted by Gasteiger charge is 2.18. The Kier molecular flexibility index (Phi) is 28.0. The number of aliphatic carboxylic acids is 1. The van der Waals surface area contributed by atoms with Crippen molar-refractivity contribution in [2.24, 2.45) is 0 Å². The summed E-state index contributed by atoms with van der Waals surface area (Å²) in [6.07, 6.45) is 26.9. The van der Waals surface area contributed by atoms with Gasteiger partial charge in [-0.05, 0) is 44.6 Å². The van der Waals surface area contributed by atoms with Gasteiger partial charge in [-0.3, -0.25) is 14.4 Å². The van der Waals surface area contributed by atoms with E-state index in [4.69, 9.17) is 14.9 Å². The summed E-state index contributed by atoms with van der Waals surface area (Å²) in [4.78, 5) is 47.1. The highest BCUT2D eigenvalue weighted by atomic mass is 16.5. The Morgan fingerprint density at radius 2 is 1.23 bits per heavy atom. The summed E-state index contributed by atoms with van der Waals surface area (Å²) in [5.74, 6) is -2.40. The third-order valence-corrected chi connectivity index (χ3v) is 7.50. The molecule has 0 radical (unpaired) electrons. The molecule has 0 fully saturated rings. The number of allylic oxidation sites excluding steroid dienone is 1. The normalized spacial score (nSPS) is 12.6. The minimum Gasteiger partial charge on any atom is -0.480 e. The Balaban J connectivity index is 4.25. The van der Waals surface area contributed by atoms with Gasteiger partial charge >= 0.3 is 11.9 Å². The summed E-state index contributed by atoms with van der Waals surface area (Å²) in [5, 5.41) is 22.4. The van der Waals surface area contributed by atoms with Crippen molar-refractivity contribution >= 4 is 23.8 Å². The van der Waals surface area contributed by atoms with Crippen molar-refractivity contribution in [3.05, 3.63) is 12.2 Å². The van der Waals surface area contributed by atoms with Crippen LogP contribution in [-0.4, -0.2) is 59.3 Å². The lowest BCUT2D eigenvalue weighted by molar-refractivity contribution is -0.147. The van der Waals surface area contributed by atoms with E-state index < -0.39 is 24.5 Å². The highest BCUT2D eigenvalue weighted by molar-refractivity contribution is 5.87. The molecule has 0 aromatic rings. The maximum Gasteiger partial charge on any atom is 0.328 e. The molecule has 2 amide bonds. The molecule has 0 heterocycles. The van der Waals surface area contributed by atoms with Crippen LogP contribution >= 0.6 is 0 Å². The van der Waals surface area contributed by atoms with Crippen LogP contribution in [0.5, 0.6) is 0 Å². The van der Waals surface area contributed by atoms with Crippen molar-refractivity contribution < 1.29 is 34.1 Å². The number of ether oxygens (including phenoxy) is 1. The summed E-state index contributed by atoms with van der Waals surface area (Å²) >= 11 is 0. The van der Waals surface area contributed by atoms with E-state index in [0.29, 0.717) is 12.8 Å². The zero-order valence-corrected chi connectivity index (χ0v) is 27.2. The summed E-state index contributed by atoms with van der Waals surface area (Å²) < 4.78 is 5.83. The van der Waals surface area contributed by atoms with Crippen LogP contribution in [0.2, 0.25) is 0 Å². The molecule has 0 saturated carbocycles. The predicted octanol–water partition coefficient (Wildman–Crippen LogP) is 6.75. The number of hydrogen-bond donors (Lipinski definition) is 4. The molecular formula is C34H62N2O7. The maximum atomic E-state index is 12.5. The van der Waals surface area contributed by atoms with Gasteiger partial charge in [0, 0.05) is 12.8 Å². The first-order valence-corrected chi connectivity index (χ1v) is 17.1. The fraction of sp³-hybridized carbons (Fsp3) is 0.824. The molecule has 0 aliphatic carbocycles. The van der Waals surface area contributed by atoms with Crippen LogP contribution in [0.15, 0.2) is 12.2 Å². The van der Waals surface area contributed by atoms with Gasteiger partial charge in [0.1, 0.15) is 12.1 Å². The molecule has 9 nitrogen and oxygen atoms in total. The first-order valence-electron chi connectivity index (χ1n) is 17.1. The standard InChI is InChI=1S/C34H62N2O7/c1-3-5-7-9-11-12-13-14-16-22-26-33(40)43-29(23-19-15-10-8-6-4-2)24-20-17-18-21-25-31(38)35-27-32(39)36-30(28-37)34(41)42/h19,23,29-30,37H,3-18,20-22,24-28H2,1-2H3,(H,35,38)(H,36,39)(H,41,42)/b23-19-. The second-order valence-electron chi connectivity index (χ2n) is 11.6. The van der Waals surface area contributed by atoms with E-state index in [0.717, 1.165) is 51.4 Å². The van der Waals surface area contributed by atoms with E-state index in [1.807, 2.05) is 6.08 Å². The van der Waals surface area contributed by atoms with Crippen LogP contribution in [0.25, 0.3) is 0 Å². The van der Waals surface area contributed by atoms with E-state index >= 15 is 0 Å². The lowest BCUT2D eigenvalue weighted by atomic mass is 10.1. The van der Waals surface area contributed by atoms with Crippen LogP contribution in [0.1, 0.15) is 155 Å². The smallest absolute Gasteiger partial charge is 0.328 e. The largest absolute Gasteiger partial charge is 0.480 e. The van der Waals surface area contributed by atoms with Crippen molar-refractivity contribution in [2.45, 2.75) is 167 Å². The zero-order chi connectivity index (χ0) is 32.0. The fourth-order valence-electron chi connectivity index (χ4n) is 4.80. The molecule has 250 valence electrons. The van der Waals surface area contributed by atoms with Gasteiger partial charge in [-0.1, -0.05) is 110 Å². The van der Waals surface area contributed by atoms with Crippen molar-refractivity contribution in [3.8, 4) is 0 Å². The molecule has 2 atom stereocenters. The van der Waals surface area contributed by atoms with Gasteiger partial charge in [-0.25, -0.2) is 4.79 Å². The van der Waals surface area contributed by atoms with Gasteiger partial charge in [0.05, 0.1) is 13.2 Å². The highest BCUT2D eigenvalue weighted by Crippen LogP contribution is 2.15. The van der Waals surface area contributed by atoms with Crippen LogP contribution in [0.3, 0.4) is 0 Å². The average Bonchev–Trinajstić information content (AvgIpc) is 2.98. The lowest BCUT2D eigenvalue weighted by Crippen LogP contribution is -2.47. The number of hydrogen-bond acceptors (Lipinski definition) is 6. The van der Waals surface area contributed by atoms with Gasteiger partial charge < -0.3 is 25.6 Å². The number of carboxylic acids is 1. The molecule has 0 aliphatic rings. The number of amides is 2. The Hall–Kier alpha value is -2.42. The molecular weight excluding hydrogens is 548 g/mol. The SMILES string of the molecule is CCCCCC/C=C\C(CCCCCCC(=O)NCC(=O)NC(CO)C(=O)O)OC(=O)CCCCCCCCCCCC. The van der Waals surface area contributed by atoms with Crippen LogP contribution < -0.4 is 10.6 Å². The van der Waals surface area contributed by atoms with E-state index in [1.54, 1.807) is 0 Å². The van der Waals surface area contributed by atoms with E-state index in [1.165, 1.54) is 70.6 Å². The molecule has 4 N–H and O–H groups in total. The second-order valence-corrected chi connectivity index (χ2v) is 11.6. The Labute approximate surface area is 261 Å². The molecule has 9 heteroatoms. The number of carbonyl (C=O) groups excluding carboxylic acids is 3. The Morgan fingerprint density at radius 3 is 1.81 bits per heavy atom. The number of aliphatic hydroxyl groups is 1. The Morgan fingerprint density at radius 1 is 0.698 bits per heavy atom. The fourth-order valence-corrected chi connectivity index (χ4v) is 4.80. The first-order chi connectivity index (χ1) is 20.8. The third-order valence-electron chi connectivity index (χ3n) is 7.50.